The Morgan fingerprint density at radius 2 is 1.62 bits per heavy atom. The fraction of sp³-hybridized carbons (Fsp3) is 0.483. The number of piperidine rings is 1. The smallest absolute Gasteiger partial charge is 0.215 e. The Balaban J connectivity index is 1.27. The van der Waals surface area contributed by atoms with Crippen LogP contribution in [0.1, 0.15) is 62.6 Å². The minimum Gasteiger partial charge on any atom is -0.299 e. The summed E-state index contributed by atoms with van der Waals surface area (Å²) < 4.78 is 29.0. The van der Waals surface area contributed by atoms with E-state index < -0.39 is 15.4 Å². The molecule has 1 saturated heterocycles. The minimum atomic E-state index is -3.51. The van der Waals surface area contributed by atoms with Gasteiger partial charge in [0.1, 0.15) is 5.78 Å². The Morgan fingerprint density at radius 3 is 2.26 bits per heavy atom. The second-order valence-corrected chi connectivity index (χ2v) is 13.4. The second kappa shape index (κ2) is 7.38. The van der Waals surface area contributed by atoms with E-state index in [1.807, 2.05) is 6.07 Å². The molecule has 1 aliphatic heterocycles. The number of rotatable bonds is 4. The van der Waals surface area contributed by atoms with Crippen molar-refractivity contribution in [2.75, 3.05) is 18.8 Å². The molecule has 2 atom stereocenters. The lowest BCUT2D eigenvalue weighted by Gasteiger charge is -2.41. The molecule has 2 aromatic rings. The summed E-state index contributed by atoms with van der Waals surface area (Å²) in [5.74, 6) is 0.485. The van der Waals surface area contributed by atoms with Crippen molar-refractivity contribution < 1.29 is 13.2 Å². The summed E-state index contributed by atoms with van der Waals surface area (Å²) in [7, 11) is -3.51. The van der Waals surface area contributed by atoms with Gasteiger partial charge in [0, 0.05) is 30.3 Å². The first-order chi connectivity index (χ1) is 16.2. The molecule has 178 valence electrons. The van der Waals surface area contributed by atoms with Crippen molar-refractivity contribution in [2.45, 2.75) is 51.4 Å². The molecule has 4 aliphatic rings. The Hall–Kier alpha value is -2.24. The molecule has 3 fully saturated rings. The molecular formula is C29H33NO3S. The van der Waals surface area contributed by atoms with Gasteiger partial charge in [0.05, 0.1) is 5.75 Å². The minimum absolute atomic E-state index is 0.0168. The van der Waals surface area contributed by atoms with Crippen molar-refractivity contribution in [2.24, 2.45) is 16.7 Å². The molecule has 0 radical (unpaired) electrons. The van der Waals surface area contributed by atoms with Gasteiger partial charge in [-0.05, 0) is 59.3 Å². The van der Waals surface area contributed by atoms with Gasteiger partial charge in [0.2, 0.25) is 10.0 Å². The molecule has 1 heterocycles. The number of ketones is 1. The zero-order chi connectivity index (χ0) is 23.8. The van der Waals surface area contributed by atoms with Crippen LogP contribution in [0, 0.1) is 16.7 Å². The summed E-state index contributed by atoms with van der Waals surface area (Å²) in [6.45, 7) is 5.23. The average Bonchev–Trinajstić information content (AvgIpc) is 3.34. The second-order valence-electron chi connectivity index (χ2n) is 11.4. The topological polar surface area (TPSA) is 54.5 Å². The molecule has 2 saturated carbocycles. The molecule has 6 rings (SSSR count). The molecule has 0 unspecified atom stereocenters. The monoisotopic (exact) mass is 475 g/mol. The third-order valence-corrected chi connectivity index (χ3v) is 11.8. The van der Waals surface area contributed by atoms with Crippen molar-refractivity contribution >= 4 is 21.4 Å². The molecule has 0 amide bonds. The molecule has 5 heteroatoms. The van der Waals surface area contributed by atoms with E-state index in [2.05, 4.69) is 68.5 Å². The fourth-order valence-corrected chi connectivity index (χ4v) is 9.75. The van der Waals surface area contributed by atoms with Crippen LogP contribution in [0.5, 0.6) is 0 Å². The lowest BCUT2D eigenvalue weighted by molar-refractivity contribution is -0.128. The molecule has 34 heavy (non-hydrogen) atoms. The zero-order valence-electron chi connectivity index (χ0n) is 20.1. The third-order valence-electron chi connectivity index (χ3n) is 9.84. The summed E-state index contributed by atoms with van der Waals surface area (Å²) in [5, 5.41) is 0. The van der Waals surface area contributed by atoms with Crippen molar-refractivity contribution in [1.29, 1.82) is 0 Å². The number of carbonyl (C=O) groups excluding carboxylic acids is 1. The van der Waals surface area contributed by atoms with E-state index in [4.69, 9.17) is 0 Å². The van der Waals surface area contributed by atoms with Crippen LogP contribution in [-0.2, 0) is 20.2 Å². The van der Waals surface area contributed by atoms with Gasteiger partial charge in [-0.1, -0.05) is 74.5 Å². The number of nitrogens with zero attached hydrogens (tertiary/aromatic N) is 1. The third kappa shape index (κ3) is 2.99. The highest BCUT2D eigenvalue weighted by atomic mass is 32.2. The largest absolute Gasteiger partial charge is 0.299 e. The number of hydrogen-bond acceptors (Lipinski definition) is 3. The molecule has 3 aliphatic carbocycles. The maximum absolute atomic E-state index is 13.7. The number of sulfonamides is 1. The maximum Gasteiger partial charge on any atom is 0.215 e. The molecule has 1 spiro atoms. The number of allylic oxidation sites excluding steroid dienone is 1. The van der Waals surface area contributed by atoms with Crippen molar-refractivity contribution in [3.63, 3.8) is 0 Å². The van der Waals surface area contributed by atoms with Gasteiger partial charge in [0.25, 0.3) is 0 Å². The normalized spacial score (nSPS) is 29.4. The molecular weight excluding hydrogens is 442 g/mol. The van der Waals surface area contributed by atoms with Crippen LogP contribution in [0.15, 0.2) is 60.7 Å². The zero-order valence-corrected chi connectivity index (χ0v) is 20.9. The van der Waals surface area contributed by atoms with Crippen molar-refractivity contribution in [3.8, 4) is 0 Å². The van der Waals surface area contributed by atoms with Crippen molar-refractivity contribution in [1.82, 2.24) is 4.31 Å². The average molecular weight is 476 g/mol. The first-order valence-corrected chi connectivity index (χ1v) is 14.2. The first kappa shape index (κ1) is 22.2. The lowest BCUT2D eigenvalue weighted by Crippen LogP contribution is -2.50. The first-order valence-electron chi connectivity index (χ1n) is 12.6. The van der Waals surface area contributed by atoms with Crippen LogP contribution in [-0.4, -0.2) is 37.3 Å². The molecule has 2 bridgehead atoms. The number of Topliss-reactive ketones (excluding diaryl/α,β-unsaturated/α-hetero) is 1. The van der Waals surface area contributed by atoms with E-state index in [1.165, 1.54) is 22.3 Å². The van der Waals surface area contributed by atoms with Crippen LogP contribution in [0.25, 0.3) is 5.57 Å². The van der Waals surface area contributed by atoms with Gasteiger partial charge in [-0.15, -0.1) is 0 Å². The summed E-state index contributed by atoms with van der Waals surface area (Å²) in [4.78, 5) is 13.0. The van der Waals surface area contributed by atoms with Gasteiger partial charge in [-0.2, -0.15) is 0 Å². The Morgan fingerprint density at radius 1 is 0.941 bits per heavy atom. The summed E-state index contributed by atoms with van der Waals surface area (Å²) in [5.41, 5.74) is 3.97. The number of benzene rings is 2. The number of carbonyl (C=O) groups is 1. The summed E-state index contributed by atoms with van der Waals surface area (Å²) in [6.07, 6.45) is 6.17. The van der Waals surface area contributed by atoms with Crippen LogP contribution < -0.4 is 0 Å². The molecule has 0 aromatic heterocycles. The lowest BCUT2D eigenvalue weighted by atomic mass is 9.70. The SMILES string of the molecule is CC1(C)[C@@H]2CC[C@@]1(CS(=O)(=O)N1CCC3(C=C(c4ccccc4)c4ccccc43)CC1)C(=O)C2. The van der Waals surface area contributed by atoms with Gasteiger partial charge < -0.3 is 0 Å². The van der Waals surface area contributed by atoms with Crippen LogP contribution in [0.3, 0.4) is 0 Å². The Bertz CT molecular complexity index is 1290. The highest BCUT2D eigenvalue weighted by Crippen LogP contribution is 2.64. The highest BCUT2D eigenvalue weighted by molar-refractivity contribution is 7.89. The van der Waals surface area contributed by atoms with Gasteiger partial charge in [-0.25, -0.2) is 12.7 Å². The van der Waals surface area contributed by atoms with E-state index in [0.717, 1.165) is 25.7 Å². The molecule has 2 aromatic carbocycles. The van der Waals surface area contributed by atoms with Gasteiger partial charge in [0.15, 0.2) is 0 Å². The van der Waals surface area contributed by atoms with E-state index >= 15 is 0 Å². The quantitative estimate of drug-likeness (QED) is 0.611. The standard InChI is InChI=1S/C29H33NO3S/c1-27(2)22-12-13-29(27,26(31)18-22)20-34(32,33)30-16-14-28(15-17-30)19-24(21-8-4-3-5-9-21)23-10-6-7-11-25(23)28/h3-11,19,22H,12-18,20H2,1-2H3/t22-,29-/m1/s1. The van der Waals surface area contributed by atoms with Crippen LogP contribution >= 0.6 is 0 Å². The number of fused-ring (bicyclic) bond motifs is 4. The highest BCUT2D eigenvalue weighted by Gasteiger charge is 2.65. The van der Waals surface area contributed by atoms with Crippen LogP contribution in [0.4, 0.5) is 0 Å². The van der Waals surface area contributed by atoms with Gasteiger partial charge >= 0.3 is 0 Å². The molecule has 4 nitrogen and oxygen atoms in total. The predicted octanol–water partition coefficient (Wildman–Crippen LogP) is 5.19. The van der Waals surface area contributed by atoms with Crippen LogP contribution in [0.2, 0.25) is 0 Å². The van der Waals surface area contributed by atoms with E-state index in [-0.39, 0.29) is 22.4 Å². The maximum atomic E-state index is 13.7. The van der Waals surface area contributed by atoms with Crippen molar-refractivity contribution in [3.05, 3.63) is 77.4 Å². The summed E-state index contributed by atoms with van der Waals surface area (Å²) >= 11 is 0. The van der Waals surface area contributed by atoms with E-state index in [9.17, 15) is 13.2 Å². The predicted molar refractivity (Wildman–Crippen MR) is 135 cm³/mol. The number of hydrogen-bond donors (Lipinski definition) is 0. The van der Waals surface area contributed by atoms with Gasteiger partial charge in [-0.3, -0.25) is 4.79 Å². The summed E-state index contributed by atoms with van der Waals surface area (Å²) in [6, 6.07) is 19.0. The molecule has 0 N–H and O–H groups in total. The van der Waals surface area contributed by atoms with E-state index in [1.54, 1.807) is 4.31 Å². The Kier molecular flexibility index (Phi) is 4.83. The van der Waals surface area contributed by atoms with E-state index in [0.29, 0.717) is 25.4 Å². The fourth-order valence-electron chi connectivity index (χ4n) is 7.53. The Labute approximate surface area is 203 Å².